The predicted molar refractivity (Wildman–Crippen MR) is 481 cm³/mol. The summed E-state index contributed by atoms with van der Waals surface area (Å²) in [5.74, 6) is 0. The second-order valence-corrected chi connectivity index (χ2v) is 40.2. The molecule has 15 aromatic rings. The lowest BCUT2D eigenvalue weighted by Crippen LogP contribution is -2.18. The lowest BCUT2D eigenvalue weighted by molar-refractivity contribution is -0.141. The van der Waals surface area contributed by atoms with E-state index in [2.05, 4.69) is 0 Å². The van der Waals surface area contributed by atoms with Gasteiger partial charge in [-0.1, -0.05) is 211 Å². The second kappa shape index (κ2) is 44.4. The maximum atomic E-state index is 13.8. The number of hydrogen-bond acceptors (Lipinski definition) is 0. The van der Waals surface area contributed by atoms with Crippen LogP contribution in [0, 0.1) is 34.6 Å². The molecule has 0 saturated carbocycles. The summed E-state index contributed by atoms with van der Waals surface area (Å²) in [5.41, 5.74) is -6.42. The van der Waals surface area contributed by atoms with E-state index in [1.165, 1.54) is 184 Å². The Balaban J connectivity index is 0.000000167. The van der Waals surface area contributed by atoms with Crippen LogP contribution in [0.3, 0.4) is 0 Å². The Morgan fingerprint density at radius 1 is 0.129 bits per heavy atom. The summed E-state index contributed by atoms with van der Waals surface area (Å²) in [6, 6.07) is 81.6. The van der Waals surface area contributed by atoms with Crippen molar-refractivity contribution in [2.24, 2.45) is 0 Å². The van der Waals surface area contributed by atoms with Crippen molar-refractivity contribution in [3.63, 3.8) is 0 Å². The number of rotatable bonds is 15. The van der Waals surface area contributed by atoms with Gasteiger partial charge in [0, 0.05) is 11.1 Å². The first-order chi connectivity index (χ1) is 65.5. The van der Waals surface area contributed by atoms with Gasteiger partial charge in [0.2, 0.25) is 0 Å². The monoisotopic (exact) mass is 2070 g/mol. The fourth-order valence-electron chi connectivity index (χ4n) is 14.3. The molecule has 0 spiro atoms. The van der Waals surface area contributed by atoms with Gasteiger partial charge in [0.1, 0.15) is 110 Å². The van der Waals surface area contributed by atoms with Crippen LogP contribution in [0.5, 0.6) is 0 Å². The summed E-state index contributed by atoms with van der Waals surface area (Å²) >= 11 is 0. The van der Waals surface area contributed by atoms with Crippen molar-refractivity contribution in [1.29, 1.82) is 0 Å². The van der Waals surface area contributed by atoms with Crippen molar-refractivity contribution in [3.05, 3.63) is 447 Å². The summed E-state index contributed by atoms with van der Waals surface area (Å²) in [6.07, 6.45) is -46.8. The zero-order valence-corrected chi connectivity index (χ0v) is 77.1. The lowest BCUT2D eigenvalue weighted by atomic mass is 10.1. The molecule has 0 fully saturated rings. The van der Waals surface area contributed by atoms with Gasteiger partial charge in [-0.25, -0.2) is 0 Å². The van der Waals surface area contributed by atoms with Gasteiger partial charge in [-0.3, -0.25) is 0 Å². The summed E-state index contributed by atoms with van der Waals surface area (Å²) in [6.45, 7) is 8.21. The normalized spacial score (nSPS) is 12.4. The van der Waals surface area contributed by atoms with E-state index in [9.17, 15) is 132 Å². The highest BCUT2D eigenvalue weighted by Gasteiger charge is 2.54. The van der Waals surface area contributed by atoms with E-state index >= 15 is 0 Å². The molecular weight excluding hydrogens is 1990 g/mol. The third kappa shape index (κ3) is 27.0. The van der Waals surface area contributed by atoms with Crippen molar-refractivity contribution in [1.82, 2.24) is 0 Å². The van der Waals surface area contributed by atoms with E-state index in [0.29, 0.717) is 46.7 Å². The van der Waals surface area contributed by atoms with Gasteiger partial charge in [-0.15, -0.1) is 0 Å². The van der Waals surface area contributed by atoms with Gasteiger partial charge >= 0.3 is 61.8 Å². The minimum Gasteiger partial charge on any atom is -0.166 e. The van der Waals surface area contributed by atoms with Gasteiger partial charge in [0.15, 0.2) is 73.4 Å². The van der Waals surface area contributed by atoms with Crippen LogP contribution >= 0.6 is 0 Å². The number of aryl methyl sites for hydroxylation is 5. The van der Waals surface area contributed by atoms with Crippen LogP contribution in [0.15, 0.2) is 437 Å². The summed E-state index contributed by atoms with van der Waals surface area (Å²) in [5, 5.41) is 0. The number of alkyl halides is 30. The molecule has 0 nitrogen and oxygen atoms in total. The standard InChI is InChI=1S/C22H17F6S.3C21H15F6S.C20H13F6S/c1-14-8-10-19(17(12-14)21(23,24)25)29(16-6-4-3-5-7-16)20-11-9-15(2)13-18(20)22(26,27)28;2*1-14-8-2-5-11-17(14)28(18-12-6-3-9-15(18)20(22,23)24)19-13-7-4-10-16(19)21(25,26)27;1-14-10-12-15(13-11-14)28(18-8-4-2-6-16(18)20(22,23)24)19-9-5-3-7-17(19)21(25,26)27;21-19(22,23)15-10-4-6-12-17(15)27(14-8-2-1-3-9-14)18-13-7-5-11-16(18)20(24,25)26/h3-13H,1-2H3;3*2-13H,1H3;1-13H/q5*+1. The molecule has 35 heteroatoms. The third-order valence-corrected chi connectivity index (χ3v) is 32.4. The Labute approximate surface area is 798 Å². The minimum absolute atomic E-state index is 0.177. The average molecular weight is 2070 g/mol. The molecule has 0 aliphatic carbocycles. The lowest BCUT2D eigenvalue weighted by Gasteiger charge is -2.18. The molecule has 0 amide bonds. The Hall–Kier alpha value is -12.1. The highest BCUT2D eigenvalue weighted by Crippen LogP contribution is 2.53. The smallest absolute Gasteiger partial charge is 0.166 e. The zero-order chi connectivity index (χ0) is 103. The van der Waals surface area contributed by atoms with Crippen LogP contribution < -0.4 is 0 Å². The molecule has 0 aliphatic heterocycles. The summed E-state index contributed by atoms with van der Waals surface area (Å²) < 4.78 is 410. The third-order valence-electron chi connectivity index (χ3n) is 20.5. The SMILES string of the molecule is Cc1ccc([S+](c2ccccc2)c2ccc(C)cc2C(F)(F)F)c(C(F)(F)F)c1.Cc1ccc([S+](c2ccccc2C(F)(F)F)c2ccccc2C(F)(F)F)cc1.Cc1ccccc1[S+](c1ccccc1C(F)(F)F)c1ccccc1C(F)(F)F.Cc1ccccc1[S+](c1ccccc1C(F)(F)F)c1ccccc1C(F)(F)F.FC(F)(F)c1ccccc1[S+](c1ccccc1)c1ccccc1C(F)(F)F. The molecule has 0 aromatic heterocycles. The maximum absolute atomic E-state index is 13.8. The van der Waals surface area contributed by atoms with Crippen molar-refractivity contribution >= 4 is 54.5 Å². The Morgan fingerprint density at radius 2 is 0.279 bits per heavy atom. The van der Waals surface area contributed by atoms with Gasteiger partial charge in [-0.05, 0) is 204 Å². The molecule has 0 N–H and O–H groups in total. The fourth-order valence-corrected chi connectivity index (χ4v) is 26.6. The molecule has 0 radical (unpaired) electrons. The predicted octanol–water partition coefficient (Wildman–Crippen LogP) is 35.6. The van der Waals surface area contributed by atoms with Crippen LogP contribution in [0.4, 0.5) is 132 Å². The Kier molecular flexibility index (Phi) is 34.4. The average Bonchev–Trinajstić information content (AvgIpc) is 0.772. The number of hydrogen-bond donors (Lipinski definition) is 0. The van der Waals surface area contributed by atoms with Gasteiger partial charge in [-0.2, -0.15) is 132 Å². The molecule has 15 rings (SSSR count). The highest BCUT2D eigenvalue weighted by molar-refractivity contribution is 7.98. The number of halogens is 30. The first-order valence-electron chi connectivity index (χ1n) is 41.1. The van der Waals surface area contributed by atoms with E-state index in [1.54, 1.807) is 154 Å². The number of benzene rings is 15. The first-order valence-corrected chi connectivity index (χ1v) is 47.2. The zero-order valence-electron chi connectivity index (χ0n) is 73.0. The first kappa shape index (κ1) is 108. The van der Waals surface area contributed by atoms with E-state index < -0.39 is 172 Å². The summed E-state index contributed by atoms with van der Waals surface area (Å²) in [7, 11) is -7.90. The van der Waals surface area contributed by atoms with Crippen molar-refractivity contribution in [2.45, 2.75) is 170 Å². The Morgan fingerprint density at radius 3 is 0.471 bits per heavy atom. The molecule has 730 valence electrons. The van der Waals surface area contributed by atoms with E-state index in [0.717, 1.165) is 66.2 Å². The van der Waals surface area contributed by atoms with Gasteiger partial charge < -0.3 is 0 Å². The van der Waals surface area contributed by atoms with E-state index in [4.69, 9.17) is 0 Å². The molecule has 0 aliphatic rings. The topological polar surface area (TPSA) is 0 Å². The summed E-state index contributed by atoms with van der Waals surface area (Å²) in [4.78, 5) is 0.191. The van der Waals surface area contributed by atoms with Gasteiger partial charge in [0.25, 0.3) is 0 Å². The maximum Gasteiger partial charge on any atom is 0.421 e. The van der Waals surface area contributed by atoms with Gasteiger partial charge in [0.05, 0.1) is 0 Å². The van der Waals surface area contributed by atoms with Crippen molar-refractivity contribution in [2.75, 3.05) is 0 Å². The van der Waals surface area contributed by atoms with E-state index in [1.807, 2.05) is 0 Å². The van der Waals surface area contributed by atoms with Crippen molar-refractivity contribution < 1.29 is 132 Å². The van der Waals surface area contributed by atoms with Crippen LogP contribution in [0.25, 0.3) is 0 Å². The molecule has 0 atom stereocenters. The molecule has 0 heterocycles. The van der Waals surface area contributed by atoms with Crippen molar-refractivity contribution in [3.8, 4) is 0 Å². The van der Waals surface area contributed by atoms with Crippen LogP contribution in [-0.2, 0) is 116 Å². The molecule has 15 aromatic carbocycles. The second-order valence-electron chi connectivity index (χ2n) is 30.4. The molecule has 0 unspecified atom stereocenters. The molecule has 0 bridgehead atoms. The molecule has 140 heavy (non-hydrogen) atoms. The Bertz CT molecular complexity index is 6240. The largest absolute Gasteiger partial charge is 0.421 e. The fraction of sp³-hybridized carbons (Fsp3) is 0.143. The highest BCUT2D eigenvalue weighted by atomic mass is 32.2. The molecule has 0 saturated heterocycles. The van der Waals surface area contributed by atoms with Crippen LogP contribution in [-0.4, -0.2) is 0 Å². The van der Waals surface area contributed by atoms with Crippen LogP contribution in [0.2, 0.25) is 0 Å². The quantitative estimate of drug-likeness (QED) is 0.0709. The van der Waals surface area contributed by atoms with Crippen LogP contribution in [0.1, 0.15) is 83.5 Å². The molecular formula is C105H75F30S5+5. The minimum atomic E-state index is -4.69. The van der Waals surface area contributed by atoms with E-state index in [-0.39, 0.29) is 49.0 Å².